The van der Waals surface area contributed by atoms with Gasteiger partial charge in [0.25, 0.3) is 17.5 Å². The fraction of sp³-hybridized carbons (Fsp3) is 0. The van der Waals surface area contributed by atoms with Gasteiger partial charge in [0.15, 0.2) is 0 Å². The number of benzene rings is 1. The third-order valence-electron chi connectivity index (χ3n) is 4.08. The Kier molecular flexibility index (Phi) is 7.79. The van der Waals surface area contributed by atoms with Gasteiger partial charge in [-0.25, -0.2) is 10.9 Å². The minimum Gasteiger partial charge on any atom is -0.267 e. The van der Waals surface area contributed by atoms with Gasteiger partial charge in [0.2, 0.25) is 0 Å². The Morgan fingerprint density at radius 3 is 1.64 bits per heavy atom. The standard InChI is InChI=1S/C22H17N7O4/c30-21(27-25-14-17-5-9-23-10-6-17)20(13-16-1-3-19(4-2-16)29(32)33)22(31)28-26-15-18-7-11-24-12-8-18/h1-15H,(H,27,30)(H,28,31)/b25-14+,26-15+. The van der Waals surface area contributed by atoms with Crippen molar-refractivity contribution in [3.05, 3.63) is 106 Å². The van der Waals surface area contributed by atoms with E-state index in [4.69, 9.17) is 0 Å². The van der Waals surface area contributed by atoms with E-state index in [9.17, 15) is 19.7 Å². The average Bonchev–Trinajstić information content (AvgIpc) is 2.84. The number of nitro benzene ring substituents is 1. The van der Waals surface area contributed by atoms with Gasteiger partial charge in [-0.3, -0.25) is 29.7 Å². The molecule has 164 valence electrons. The van der Waals surface area contributed by atoms with Crippen LogP contribution in [0.3, 0.4) is 0 Å². The highest BCUT2D eigenvalue weighted by Crippen LogP contribution is 2.14. The zero-order chi connectivity index (χ0) is 23.5. The van der Waals surface area contributed by atoms with Crippen molar-refractivity contribution in [3.8, 4) is 0 Å². The lowest BCUT2D eigenvalue weighted by molar-refractivity contribution is -0.384. The number of nitrogens with zero attached hydrogens (tertiary/aromatic N) is 5. The fourth-order valence-electron chi connectivity index (χ4n) is 2.44. The zero-order valence-corrected chi connectivity index (χ0v) is 17.0. The van der Waals surface area contributed by atoms with Crippen LogP contribution < -0.4 is 10.9 Å². The number of carbonyl (C=O) groups excluding carboxylic acids is 2. The van der Waals surface area contributed by atoms with Crippen LogP contribution in [0.1, 0.15) is 16.7 Å². The molecule has 2 amide bonds. The van der Waals surface area contributed by atoms with E-state index in [0.29, 0.717) is 16.7 Å². The monoisotopic (exact) mass is 443 g/mol. The number of hydrogen-bond donors (Lipinski definition) is 2. The number of carbonyl (C=O) groups is 2. The minimum atomic E-state index is -0.796. The van der Waals surface area contributed by atoms with Crippen LogP contribution in [0.2, 0.25) is 0 Å². The Bertz CT molecular complexity index is 1140. The molecule has 0 saturated carbocycles. The Balaban J connectivity index is 1.79. The number of nitrogens with one attached hydrogen (secondary N) is 2. The first kappa shape index (κ1) is 22.6. The number of pyridine rings is 2. The number of rotatable bonds is 8. The SMILES string of the molecule is O=C(N/N=C/c1ccncc1)C(=Cc1ccc([N+](=O)[O-])cc1)C(=O)N/N=C/c1ccncc1. The molecule has 0 radical (unpaired) electrons. The zero-order valence-electron chi connectivity index (χ0n) is 17.0. The van der Waals surface area contributed by atoms with Crippen LogP contribution >= 0.6 is 0 Å². The number of hydrazone groups is 2. The van der Waals surface area contributed by atoms with Crippen molar-refractivity contribution in [1.29, 1.82) is 0 Å². The second kappa shape index (κ2) is 11.4. The molecule has 1 aromatic carbocycles. The smallest absolute Gasteiger partial charge is 0.267 e. The van der Waals surface area contributed by atoms with E-state index in [1.54, 1.807) is 49.1 Å². The van der Waals surface area contributed by atoms with E-state index in [1.807, 2.05) is 0 Å². The molecule has 11 heteroatoms. The summed E-state index contributed by atoms with van der Waals surface area (Å²) in [6, 6.07) is 12.1. The van der Waals surface area contributed by atoms with Gasteiger partial charge in [-0.2, -0.15) is 10.2 Å². The van der Waals surface area contributed by atoms with Crippen molar-refractivity contribution >= 4 is 36.0 Å². The Morgan fingerprint density at radius 2 is 1.21 bits per heavy atom. The molecule has 3 rings (SSSR count). The predicted octanol–water partition coefficient (Wildman–Crippen LogP) is 2.07. The van der Waals surface area contributed by atoms with Gasteiger partial charge in [0, 0.05) is 36.9 Å². The van der Waals surface area contributed by atoms with Crippen molar-refractivity contribution in [1.82, 2.24) is 20.8 Å². The summed E-state index contributed by atoms with van der Waals surface area (Å²) in [5.74, 6) is -1.59. The van der Waals surface area contributed by atoms with E-state index in [1.165, 1.54) is 42.8 Å². The molecule has 0 bridgehead atoms. The van der Waals surface area contributed by atoms with Crippen LogP contribution in [0.15, 0.2) is 89.1 Å². The Morgan fingerprint density at radius 1 is 0.758 bits per heavy atom. The maximum absolute atomic E-state index is 12.7. The Hall–Kier alpha value is -5.06. The fourth-order valence-corrected chi connectivity index (χ4v) is 2.44. The molecule has 0 aliphatic rings. The third kappa shape index (κ3) is 7.00. The molecule has 0 saturated heterocycles. The molecular formula is C22H17N7O4. The molecule has 0 aliphatic heterocycles. The van der Waals surface area contributed by atoms with Gasteiger partial charge in [-0.05, 0) is 59.2 Å². The van der Waals surface area contributed by atoms with Gasteiger partial charge < -0.3 is 0 Å². The number of amides is 2. The van der Waals surface area contributed by atoms with Gasteiger partial charge >= 0.3 is 0 Å². The molecule has 0 unspecified atom stereocenters. The summed E-state index contributed by atoms with van der Waals surface area (Å²) >= 11 is 0. The first-order chi connectivity index (χ1) is 16.0. The van der Waals surface area contributed by atoms with Crippen LogP contribution in [0, 0.1) is 10.1 Å². The van der Waals surface area contributed by atoms with Crippen LogP contribution in [0.25, 0.3) is 6.08 Å². The van der Waals surface area contributed by atoms with Crippen LogP contribution in [0.5, 0.6) is 0 Å². The first-order valence-corrected chi connectivity index (χ1v) is 9.46. The highest BCUT2D eigenvalue weighted by molar-refractivity contribution is 6.21. The summed E-state index contributed by atoms with van der Waals surface area (Å²) in [7, 11) is 0. The summed E-state index contributed by atoms with van der Waals surface area (Å²) < 4.78 is 0. The van der Waals surface area contributed by atoms with Crippen molar-refractivity contribution in [3.63, 3.8) is 0 Å². The highest BCUT2D eigenvalue weighted by Gasteiger charge is 2.18. The van der Waals surface area contributed by atoms with Gasteiger partial charge in [0.1, 0.15) is 5.57 Å². The van der Waals surface area contributed by atoms with Crippen molar-refractivity contribution in [2.45, 2.75) is 0 Å². The number of hydrogen-bond acceptors (Lipinski definition) is 8. The lowest BCUT2D eigenvalue weighted by atomic mass is 10.1. The van der Waals surface area contributed by atoms with E-state index in [2.05, 4.69) is 31.0 Å². The lowest BCUT2D eigenvalue weighted by Crippen LogP contribution is -2.30. The largest absolute Gasteiger partial charge is 0.277 e. The number of non-ortho nitro benzene ring substituents is 1. The molecule has 2 aromatic heterocycles. The third-order valence-corrected chi connectivity index (χ3v) is 4.08. The van der Waals surface area contributed by atoms with Crippen molar-refractivity contribution in [2.75, 3.05) is 0 Å². The van der Waals surface area contributed by atoms with Gasteiger partial charge in [0.05, 0.1) is 17.4 Å². The summed E-state index contributed by atoms with van der Waals surface area (Å²) in [6.45, 7) is 0. The van der Waals surface area contributed by atoms with Crippen molar-refractivity contribution < 1.29 is 14.5 Å². The summed E-state index contributed by atoms with van der Waals surface area (Å²) in [5, 5.41) is 18.5. The normalized spacial score (nSPS) is 10.7. The van der Waals surface area contributed by atoms with E-state index in [-0.39, 0.29) is 11.3 Å². The molecule has 2 N–H and O–H groups in total. The molecule has 33 heavy (non-hydrogen) atoms. The summed E-state index contributed by atoms with van der Waals surface area (Å²) in [6.07, 6.45) is 10.3. The molecular weight excluding hydrogens is 426 g/mol. The maximum Gasteiger partial charge on any atom is 0.277 e. The first-order valence-electron chi connectivity index (χ1n) is 9.46. The van der Waals surface area contributed by atoms with E-state index in [0.717, 1.165) is 0 Å². The average molecular weight is 443 g/mol. The molecule has 0 spiro atoms. The summed E-state index contributed by atoms with van der Waals surface area (Å²) in [5.41, 5.74) is 5.93. The van der Waals surface area contributed by atoms with E-state index >= 15 is 0 Å². The second-order valence-corrected chi connectivity index (χ2v) is 6.37. The lowest BCUT2D eigenvalue weighted by Gasteiger charge is -2.05. The molecule has 0 fully saturated rings. The molecule has 11 nitrogen and oxygen atoms in total. The molecule has 2 heterocycles. The summed E-state index contributed by atoms with van der Waals surface area (Å²) in [4.78, 5) is 43.4. The van der Waals surface area contributed by atoms with Crippen LogP contribution in [0.4, 0.5) is 5.69 Å². The topological polar surface area (TPSA) is 152 Å². The van der Waals surface area contributed by atoms with E-state index < -0.39 is 16.7 Å². The van der Waals surface area contributed by atoms with Crippen molar-refractivity contribution in [2.24, 2.45) is 10.2 Å². The number of aromatic nitrogens is 2. The second-order valence-electron chi connectivity index (χ2n) is 6.37. The van der Waals surface area contributed by atoms with Crippen LogP contribution in [-0.4, -0.2) is 39.1 Å². The highest BCUT2D eigenvalue weighted by atomic mass is 16.6. The molecule has 0 aliphatic carbocycles. The quantitative estimate of drug-likeness (QED) is 0.136. The van der Waals surface area contributed by atoms with Gasteiger partial charge in [-0.15, -0.1) is 0 Å². The molecule has 0 atom stereocenters. The predicted molar refractivity (Wildman–Crippen MR) is 121 cm³/mol. The number of nitro groups is 1. The maximum atomic E-state index is 12.7. The van der Waals surface area contributed by atoms with Gasteiger partial charge in [-0.1, -0.05) is 0 Å². The molecule has 3 aromatic rings. The van der Waals surface area contributed by atoms with Crippen LogP contribution in [-0.2, 0) is 9.59 Å². The minimum absolute atomic E-state index is 0.119. The Labute approximate surface area is 187 Å².